The molecule has 0 unspecified atom stereocenters. The lowest BCUT2D eigenvalue weighted by molar-refractivity contribution is -0.117. The fourth-order valence-corrected chi connectivity index (χ4v) is 3.30. The molecular weight excluding hydrogens is 428 g/mol. The van der Waals surface area contributed by atoms with Gasteiger partial charge in [-0.15, -0.1) is 11.8 Å². The third-order valence-corrected chi connectivity index (χ3v) is 4.91. The Bertz CT molecular complexity index is 761. The van der Waals surface area contributed by atoms with Gasteiger partial charge in [0.1, 0.15) is 11.6 Å². The summed E-state index contributed by atoms with van der Waals surface area (Å²) in [4.78, 5) is 25.9. The normalized spacial score (nSPS) is 12.1. The first-order valence-electron chi connectivity index (χ1n) is 8.47. The highest BCUT2D eigenvalue weighted by molar-refractivity contribution is 9.10. The van der Waals surface area contributed by atoms with Gasteiger partial charge in [0.2, 0.25) is 5.91 Å². The Morgan fingerprint density at radius 2 is 1.70 bits per heavy atom. The minimum absolute atomic E-state index is 0.299. The SMILES string of the molecule is CC(C)(C)OC(=O)N[C@@H](CSc1ccccc1)C(=O)Nc1ccc(Br)cc1. The number of ether oxygens (including phenoxy) is 1. The van der Waals surface area contributed by atoms with E-state index in [1.165, 1.54) is 11.8 Å². The van der Waals surface area contributed by atoms with Gasteiger partial charge < -0.3 is 15.4 Å². The molecule has 0 fully saturated rings. The molecule has 0 bridgehead atoms. The van der Waals surface area contributed by atoms with Crippen molar-refractivity contribution in [3.05, 3.63) is 59.1 Å². The van der Waals surface area contributed by atoms with Crippen LogP contribution in [0.3, 0.4) is 0 Å². The molecule has 0 spiro atoms. The van der Waals surface area contributed by atoms with Crippen LogP contribution in [0, 0.1) is 0 Å². The van der Waals surface area contributed by atoms with E-state index in [1.807, 2.05) is 42.5 Å². The van der Waals surface area contributed by atoms with Crippen LogP contribution in [0.25, 0.3) is 0 Å². The largest absolute Gasteiger partial charge is 0.444 e. The second-order valence-electron chi connectivity index (χ2n) is 6.82. The summed E-state index contributed by atoms with van der Waals surface area (Å²) in [6, 6.07) is 16.2. The molecule has 2 amide bonds. The van der Waals surface area contributed by atoms with Gasteiger partial charge in [0.05, 0.1) is 0 Å². The third-order valence-electron chi connectivity index (χ3n) is 3.28. The molecule has 27 heavy (non-hydrogen) atoms. The van der Waals surface area contributed by atoms with E-state index in [0.29, 0.717) is 11.4 Å². The van der Waals surface area contributed by atoms with Gasteiger partial charge in [0.25, 0.3) is 0 Å². The molecule has 0 saturated heterocycles. The van der Waals surface area contributed by atoms with Crippen molar-refractivity contribution in [1.29, 1.82) is 0 Å². The molecule has 2 N–H and O–H groups in total. The summed E-state index contributed by atoms with van der Waals surface area (Å²) < 4.78 is 6.21. The number of thioether (sulfide) groups is 1. The number of rotatable bonds is 6. The number of benzene rings is 2. The Morgan fingerprint density at radius 1 is 1.07 bits per heavy atom. The molecule has 0 aliphatic heterocycles. The first-order chi connectivity index (χ1) is 12.7. The second kappa shape index (κ2) is 9.80. The molecule has 2 rings (SSSR count). The quantitative estimate of drug-likeness (QED) is 0.602. The Labute approximate surface area is 172 Å². The highest BCUT2D eigenvalue weighted by Gasteiger charge is 2.24. The smallest absolute Gasteiger partial charge is 0.408 e. The maximum atomic E-state index is 12.7. The van der Waals surface area contributed by atoms with Crippen LogP contribution in [0.2, 0.25) is 0 Å². The zero-order chi connectivity index (χ0) is 19.9. The highest BCUT2D eigenvalue weighted by Crippen LogP contribution is 2.20. The fourth-order valence-electron chi connectivity index (χ4n) is 2.09. The van der Waals surface area contributed by atoms with E-state index >= 15 is 0 Å². The molecule has 0 saturated carbocycles. The molecule has 5 nitrogen and oxygen atoms in total. The van der Waals surface area contributed by atoms with Crippen LogP contribution in [0.5, 0.6) is 0 Å². The monoisotopic (exact) mass is 450 g/mol. The maximum Gasteiger partial charge on any atom is 0.408 e. The minimum Gasteiger partial charge on any atom is -0.444 e. The molecule has 0 aromatic heterocycles. The summed E-state index contributed by atoms with van der Waals surface area (Å²) in [5, 5.41) is 5.50. The van der Waals surface area contributed by atoms with Gasteiger partial charge in [-0.05, 0) is 57.2 Å². The molecule has 0 heterocycles. The van der Waals surface area contributed by atoms with Crippen molar-refractivity contribution in [3.8, 4) is 0 Å². The van der Waals surface area contributed by atoms with Gasteiger partial charge >= 0.3 is 6.09 Å². The number of nitrogens with one attached hydrogen (secondary N) is 2. The molecular formula is C20H23BrN2O3S. The van der Waals surface area contributed by atoms with Crippen molar-refractivity contribution >= 4 is 45.4 Å². The van der Waals surface area contributed by atoms with Crippen LogP contribution in [0.15, 0.2) is 64.0 Å². The third kappa shape index (κ3) is 8.05. The van der Waals surface area contributed by atoms with E-state index in [0.717, 1.165) is 9.37 Å². The Hall–Kier alpha value is -1.99. The van der Waals surface area contributed by atoms with Gasteiger partial charge in [-0.25, -0.2) is 4.79 Å². The standard InChI is InChI=1S/C20H23BrN2O3S/c1-20(2,3)26-19(25)23-17(13-27-16-7-5-4-6-8-16)18(24)22-15-11-9-14(21)10-12-15/h4-12,17H,13H2,1-3H3,(H,22,24)(H,23,25)/t17-/m0/s1. The van der Waals surface area contributed by atoms with Gasteiger partial charge in [-0.1, -0.05) is 34.1 Å². The van der Waals surface area contributed by atoms with Crippen LogP contribution < -0.4 is 10.6 Å². The van der Waals surface area contributed by atoms with Crippen molar-refractivity contribution in [2.24, 2.45) is 0 Å². The van der Waals surface area contributed by atoms with Crippen LogP contribution in [-0.2, 0) is 9.53 Å². The molecule has 1 atom stereocenters. The lowest BCUT2D eigenvalue weighted by Crippen LogP contribution is -2.47. The maximum absolute atomic E-state index is 12.7. The lowest BCUT2D eigenvalue weighted by Gasteiger charge is -2.23. The minimum atomic E-state index is -0.742. The van der Waals surface area contributed by atoms with E-state index in [4.69, 9.17) is 4.74 Å². The van der Waals surface area contributed by atoms with E-state index in [1.54, 1.807) is 32.9 Å². The molecule has 0 aliphatic rings. The molecule has 0 radical (unpaired) electrons. The summed E-state index contributed by atoms with van der Waals surface area (Å²) in [6.45, 7) is 5.34. The predicted octanol–water partition coefficient (Wildman–Crippen LogP) is 5.07. The summed E-state index contributed by atoms with van der Waals surface area (Å²) in [5.41, 5.74) is 0.0209. The highest BCUT2D eigenvalue weighted by atomic mass is 79.9. The summed E-state index contributed by atoms with van der Waals surface area (Å²) >= 11 is 4.85. The van der Waals surface area contributed by atoms with Gasteiger partial charge in [0.15, 0.2) is 0 Å². The number of alkyl carbamates (subject to hydrolysis) is 1. The molecule has 7 heteroatoms. The van der Waals surface area contributed by atoms with Crippen molar-refractivity contribution in [2.45, 2.75) is 37.3 Å². The molecule has 0 aliphatic carbocycles. The Balaban J connectivity index is 2.05. The van der Waals surface area contributed by atoms with Crippen LogP contribution in [-0.4, -0.2) is 29.4 Å². The van der Waals surface area contributed by atoms with Crippen molar-refractivity contribution in [1.82, 2.24) is 5.32 Å². The van der Waals surface area contributed by atoms with Crippen molar-refractivity contribution in [3.63, 3.8) is 0 Å². The Morgan fingerprint density at radius 3 is 2.30 bits per heavy atom. The van der Waals surface area contributed by atoms with E-state index in [2.05, 4.69) is 26.6 Å². The first kappa shape index (κ1) is 21.3. The number of hydrogen-bond donors (Lipinski definition) is 2. The van der Waals surface area contributed by atoms with Gasteiger partial charge in [-0.2, -0.15) is 0 Å². The number of halogens is 1. The number of carbonyl (C=O) groups excluding carboxylic acids is 2. The van der Waals surface area contributed by atoms with E-state index < -0.39 is 17.7 Å². The molecule has 2 aromatic rings. The van der Waals surface area contributed by atoms with Crippen LogP contribution >= 0.6 is 27.7 Å². The average Bonchev–Trinajstić information content (AvgIpc) is 2.60. The number of hydrogen-bond acceptors (Lipinski definition) is 4. The zero-order valence-corrected chi connectivity index (χ0v) is 17.9. The molecule has 2 aromatic carbocycles. The Kier molecular flexibility index (Phi) is 7.74. The number of amides is 2. The fraction of sp³-hybridized carbons (Fsp3) is 0.300. The predicted molar refractivity (Wildman–Crippen MR) is 113 cm³/mol. The van der Waals surface area contributed by atoms with Gasteiger partial charge in [0, 0.05) is 20.8 Å². The lowest BCUT2D eigenvalue weighted by atomic mass is 10.2. The second-order valence-corrected chi connectivity index (χ2v) is 8.83. The van der Waals surface area contributed by atoms with E-state index in [9.17, 15) is 9.59 Å². The topological polar surface area (TPSA) is 67.4 Å². The van der Waals surface area contributed by atoms with Crippen molar-refractivity contribution < 1.29 is 14.3 Å². The number of carbonyl (C=O) groups is 2. The first-order valence-corrected chi connectivity index (χ1v) is 10.2. The van der Waals surface area contributed by atoms with Crippen LogP contribution in [0.4, 0.5) is 10.5 Å². The molecule has 144 valence electrons. The van der Waals surface area contributed by atoms with Crippen LogP contribution in [0.1, 0.15) is 20.8 Å². The summed E-state index contributed by atoms with van der Waals surface area (Å²) in [6.07, 6.45) is -0.618. The zero-order valence-electron chi connectivity index (χ0n) is 15.5. The van der Waals surface area contributed by atoms with E-state index in [-0.39, 0.29) is 5.91 Å². The van der Waals surface area contributed by atoms with Crippen molar-refractivity contribution in [2.75, 3.05) is 11.1 Å². The number of anilines is 1. The average molecular weight is 451 g/mol. The summed E-state index contributed by atoms with van der Waals surface area (Å²) in [5.74, 6) is 0.0811. The van der Waals surface area contributed by atoms with Gasteiger partial charge in [-0.3, -0.25) is 4.79 Å². The summed E-state index contributed by atoms with van der Waals surface area (Å²) in [7, 11) is 0.